The van der Waals surface area contributed by atoms with Gasteiger partial charge in [-0.2, -0.15) is 4.98 Å². The molecule has 0 radical (unpaired) electrons. The Balaban J connectivity index is 1.77. The Morgan fingerprint density at radius 3 is 2.95 bits per heavy atom. The Morgan fingerprint density at radius 2 is 2.33 bits per heavy atom. The first-order valence-corrected chi connectivity index (χ1v) is 7.61. The third-order valence-electron chi connectivity index (χ3n) is 3.87. The van der Waals surface area contributed by atoms with E-state index >= 15 is 0 Å². The van der Waals surface area contributed by atoms with Gasteiger partial charge in [-0.05, 0) is 31.6 Å². The fourth-order valence-electron chi connectivity index (χ4n) is 2.70. The van der Waals surface area contributed by atoms with E-state index in [1.807, 2.05) is 6.92 Å². The molecule has 2 amide bonds. The van der Waals surface area contributed by atoms with E-state index in [4.69, 9.17) is 4.52 Å². The van der Waals surface area contributed by atoms with Crippen LogP contribution in [0.25, 0.3) is 0 Å². The highest BCUT2D eigenvalue weighted by Crippen LogP contribution is 2.23. The molecule has 0 aromatic carbocycles. The van der Waals surface area contributed by atoms with Gasteiger partial charge in [0.2, 0.25) is 5.89 Å². The van der Waals surface area contributed by atoms with Gasteiger partial charge in [0.05, 0.1) is 12.1 Å². The lowest BCUT2D eigenvalue weighted by molar-refractivity contribution is 0.101. The van der Waals surface area contributed by atoms with Gasteiger partial charge < -0.3 is 20.3 Å². The summed E-state index contributed by atoms with van der Waals surface area (Å²) in [5, 5.41) is 19.2. The summed E-state index contributed by atoms with van der Waals surface area (Å²) in [6, 6.07) is -0.483. The van der Waals surface area contributed by atoms with E-state index < -0.39 is 0 Å². The third kappa shape index (κ3) is 4.70. The van der Waals surface area contributed by atoms with Crippen molar-refractivity contribution < 1.29 is 14.4 Å². The molecule has 0 spiro atoms. The van der Waals surface area contributed by atoms with Gasteiger partial charge in [0, 0.05) is 13.5 Å². The number of hydrogen-bond donors (Lipinski definition) is 3. The molecule has 1 heterocycles. The summed E-state index contributed by atoms with van der Waals surface area (Å²) in [5.74, 6) is 1.34. The van der Waals surface area contributed by atoms with E-state index in [0.29, 0.717) is 30.6 Å². The minimum atomic E-state index is -0.251. The molecular weight excluding hydrogens is 272 g/mol. The molecular formula is C14H24N4O3. The van der Waals surface area contributed by atoms with Crippen molar-refractivity contribution in [1.29, 1.82) is 0 Å². The summed E-state index contributed by atoms with van der Waals surface area (Å²) in [4.78, 5) is 16.1. The number of hydrogen-bond acceptors (Lipinski definition) is 5. The first-order valence-electron chi connectivity index (χ1n) is 7.61. The predicted octanol–water partition coefficient (Wildman–Crippen LogP) is 1.68. The molecule has 118 valence electrons. The van der Waals surface area contributed by atoms with Gasteiger partial charge in [-0.3, -0.25) is 0 Å². The summed E-state index contributed by atoms with van der Waals surface area (Å²) in [6.07, 6.45) is 4.18. The standard InChI is InChI=1S/C14H24N4O3/c1-3-12(13-16-9(2)21-18-13)17-14(20)15-8-10-5-4-6-11(19)7-10/h10-12,19H,3-8H2,1-2H3,(H2,15,17,20). The second kappa shape index (κ2) is 7.40. The zero-order valence-electron chi connectivity index (χ0n) is 12.6. The molecule has 1 aromatic rings. The topological polar surface area (TPSA) is 100 Å². The van der Waals surface area contributed by atoms with Crippen molar-refractivity contribution in [2.24, 2.45) is 5.92 Å². The Bertz CT molecular complexity index is 463. The summed E-state index contributed by atoms with van der Waals surface area (Å²) in [5.41, 5.74) is 0. The van der Waals surface area contributed by atoms with Crippen LogP contribution in [0.4, 0.5) is 4.79 Å². The molecule has 0 saturated heterocycles. The molecule has 1 saturated carbocycles. The molecule has 0 aliphatic heterocycles. The summed E-state index contributed by atoms with van der Waals surface area (Å²) in [7, 11) is 0. The van der Waals surface area contributed by atoms with Gasteiger partial charge in [0.1, 0.15) is 0 Å². The second-order valence-corrected chi connectivity index (χ2v) is 5.67. The molecule has 3 unspecified atom stereocenters. The molecule has 1 aliphatic rings. The van der Waals surface area contributed by atoms with Crippen molar-refractivity contribution >= 4 is 6.03 Å². The number of carbonyl (C=O) groups excluding carboxylic acids is 1. The summed E-state index contributed by atoms with van der Waals surface area (Å²) in [6.45, 7) is 4.26. The summed E-state index contributed by atoms with van der Waals surface area (Å²) < 4.78 is 4.94. The number of aryl methyl sites for hydroxylation is 1. The maximum absolute atomic E-state index is 11.9. The van der Waals surface area contributed by atoms with Crippen LogP contribution >= 0.6 is 0 Å². The number of rotatable bonds is 5. The van der Waals surface area contributed by atoms with Gasteiger partial charge in [0.15, 0.2) is 5.82 Å². The van der Waals surface area contributed by atoms with Crippen LogP contribution in [0.15, 0.2) is 4.52 Å². The molecule has 0 bridgehead atoms. The van der Waals surface area contributed by atoms with Crippen LogP contribution in [0.2, 0.25) is 0 Å². The van der Waals surface area contributed by atoms with Crippen LogP contribution in [0.5, 0.6) is 0 Å². The van der Waals surface area contributed by atoms with Crippen molar-refractivity contribution in [3.05, 3.63) is 11.7 Å². The molecule has 1 aliphatic carbocycles. The highest BCUT2D eigenvalue weighted by Gasteiger charge is 2.22. The zero-order valence-corrected chi connectivity index (χ0v) is 12.6. The van der Waals surface area contributed by atoms with E-state index in [-0.39, 0.29) is 18.2 Å². The quantitative estimate of drug-likeness (QED) is 0.767. The first-order chi connectivity index (χ1) is 10.1. The monoisotopic (exact) mass is 296 g/mol. The number of aromatic nitrogens is 2. The first kappa shape index (κ1) is 15.8. The molecule has 3 N–H and O–H groups in total. The minimum absolute atomic E-state index is 0.223. The van der Waals surface area contributed by atoms with Crippen LogP contribution < -0.4 is 10.6 Å². The van der Waals surface area contributed by atoms with Gasteiger partial charge in [-0.25, -0.2) is 4.79 Å². The van der Waals surface area contributed by atoms with E-state index in [1.165, 1.54) is 0 Å². The van der Waals surface area contributed by atoms with Gasteiger partial charge in [-0.1, -0.05) is 18.5 Å². The number of nitrogens with one attached hydrogen (secondary N) is 2. The number of nitrogens with zero attached hydrogens (tertiary/aromatic N) is 2. The minimum Gasteiger partial charge on any atom is -0.393 e. The van der Waals surface area contributed by atoms with Gasteiger partial charge in [-0.15, -0.1) is 0 Å². The van der Waals surface area contributed by atoms with Gasteiger partial charge in [0.25, 0.3) is 0 Å². The normalized spacial score (nSPS) is 23.6. The largest absolute Gasteiger partial charge is 0.393 e. The fourth-order valence-corrected chi connectivity index (χ4v) is 2.70. The van der Waals surface area contributed by atoms with Crippen molar-refractivity contribution in [2.45, 2.75) is 58.1 Å². The lowest BCUT2D eigenvalue weighted by atomic mass is 9.87. The maximum Gasteiger partial charge on any atom is 0.315 e. The van der Waals surface area contributed by atoms with Crippen molar-refractivity contribution in [3.63, 3.8) is 0 Å². The lowest BCUT2D eigenvalue weighted by Crippen LogP contribution is -2.41. The smallest absolute Gasteiger partial charge is 0.315 e. The van der Waals surface area contributed by atoms with E-state index in [9.17, 15) is 9.90 Å². The molecule has 1 aromatic heterocycles. The highest BCUT2D eigenvalue weighted by atomic mass is 16.5. The highest BCUT2D eigenvalue weighted by molar-refractivity contribution is 5.74. The lowest BCUT2D eigenvalue weighted by Gasteiger charge is -2.26. The van der Waals surface area contributed by atoms with Crippen LogP contribution in [0.3, 0.4) is 0 Å². The van der Waals surface area contributed by atoms with E-state index in [0.717, 1.165) is 25.7 Å². The molecule has 21 heavy (non-hydrogen) atoms. The maximum atomic E-state index is 11.9. The number of amides is 2. The van der Waals surface area contributed by atoms with E-state index in [2.05, 4.69) is 20.8 Å². The Morgan fingerprint density at radius 1 is 1.52 bits per heavy atom. The Labute approximate surface area is 124 Å². The van der Waals surface area contributed by atoms with Crippen LogP contribution in [0.1, 0.15) is 56.8 Å². The van der Waals surface area contributed by atoms with Crippen LogP contribution in [0, 0.1) is 12.8 Å². The van der Waals surface area contributed by atoms with Crippen molar-refractivity contribution in [3.8, 4) is 0 Å². The fraction of sp³-hybridized carbons (Fsp3) is 0.786. The Hall–Kier alpha value is -1.63. The second-order valence-electron chi connectivity index (χ2n) is 5.67. The molecule has 1 fully saturated rings. The van der Waals surface area contributed by atoms with Gasteiger partial charge >= 0.3 is 6.03 Å². The number of aliphatic hydroxyl groups is 1. The average molecular weight is 296 g/mol. The Kier molecular flexibility index (Phi) is 5.55. The molecule has 2 rings (SSSR count). The number of urea groups is 1. The number of aliphatic hydroxyl groups excluding tert-OH is 1. The van der Waals surface area contributed by atoms with Crippen LogP contribution in [-0.4, -0.2) is 33.9 Å². The predicted molar refractivity (Wildman–Crippen MR) is 76.6 cm³/mol. The number of carbonyl (C=O) groups is 1. The molecule has 7 nitrogen and oxygen atoms in total. The summed E-state index contributed by atoms with van der Waals surface area (Å²) >= 11 is 0. The molecule has 3 atom stereocenters. The average Bonchev–Trinajstić information content (AvgIpc) is 2.89. The van der Waals surface area contributed by atoms with Crippen molar-refractivity contribution in [1.82, 2.24) is 20.8 Å². The SMILES string of the molecule is CCC(NC(=O)NCC1CCCC(O)C1)c1noc(C)n1. The van der Waals surface area contributed by atoms with Crippen molar-refractivity contribution in [2.75, 3.05) is 6.54 Å². The third-order valence-corrected chi connectivity index (χ3v) is 3.87. The molecule has 7 heteroatoms. The zero-order chi connectivity index (χ0) is 15.2. The van der Waals surface area contributed by atoms with E-state index in [1.54, 1.807) is 6.92 Å². The van der Waals surface area contributed by atoms with Crippen LogP contribution in [-0.2, 0) is 0 Å².